The molecule has 1 aliphatic rings. The van der Waals surface area contributed by atoms with Gasteiger partial charge in [-0.2, -0.15) is 0 Å². The summed E-state index contributed by atoms with van der Waals surface area (Å²) in [6, 6.07) is 7.44. The number of rotatable bonds is 5. The molecule has 1 aromatic carbocycles. The fraction of sp³-hybridized carbons (Fsp3) is 0.562. The number of anilines is 1. The molecular weight excluding hydrogens is 288 g/mol. The van der Waals surface area contributed by atoms with E-state index in [2.05, 4.69) is 17.6 Å². The van der Waals surface area contributed by atoms with Gasteiger partial charge in [0.15, 0.2) is 0 Å². The number of carbonyl (C=O) groups excluding carboxylic acids is 1. The lowest BCUT2D eigenvalue weighted by Gasteiger charge is -2.27. The van der Waals surface area contributed by atoms with Gasteiger partial charge in [0.25, 0.3) is 0 Å². The van der Waals surface area contributed by atoms with Crippen molar-refractivity contribution in [2.75, 3.05) is 25.5 Å². The molecule has 2 rings (SSSR count). The molecule has 0 aromatic heterocycles. The monoisotopic (exact) mass is 312 g/mol. The zero-order chi connectivity index (χ0) is 14.4. The molecule has 0 bridgehead atoms. The Morgan fingerprint density at radius 2 is 1.95 bits per heavy atom. The van der Waals surface area contributed by atoms with Gasteiger partial charge in [-0.15, -0.1) is 12.4 Å². The maximum atomic E-state index is 12.1. The second-order valence-electron chi connectivity index (χ2n) is 5.55. The first-order valence-corrected chi connectivity index (χ1v) is 7.33. The number of hydrogen-bond donors (Lipinski definition) is 2. The van der Waals surface area contributed by atoms with Crippen LogP contribution >= 0.6 is 12.4 Å². The second-order valence-corrected chi connectivity index (χ2v) is 5.55. The molecule has 1 unspecified atom stereocenters. The van der Waals surface area contributed by atoms with Crippen LogP contribution in [0.15, 0.2) is 24.3 Å². The van der Waals surface area contributed by atoms with Crippen molar-refractivity contribution in [1.29, 1.82) is 0 Å². The molecule has 2 N–H and O–H groups in total. The summed E-state index contributed by atoms with van der Waals surface area (Å²) < 4.78 is 5.10. The molecular formula is C16H25ClN2O2. The predicted molar refractivity (Wildman–Crippen MR) is 88.2 cm³/mol. The largest absolute Gasteiger partial charge is 0.497 e. The molecule has 0 spiro atoms. The van der Waals surface area contributed by atoms with Gasteiger partial charge in [-0.3, -0.25) is 4.79 Å². The summed E-state index contributed by atoms with van der Waals surface area (Å²) in [6.45, 7) is 4.34. The number of amides is 1. The summed E-state index contributed by atoms with van der Waals surface area (Å²) in [7, 11) is 1.63. The SMILES string of the molecule is COc1ccc(NC(=O)CC(C)C2CCNCC2)cc1.Cl. The molecule has 0 radical (unpaired) electrons. The van der Waals surface area contributed by atoms with Crippen LogP contribution in [-0.4, -0.2) is 26.1 Å². The maximum absolute atomic E-state index is 12.1. The fourth-order valence-electron chi connectivity index (χ4n) is 2.76. The van der Waals surface area contributed by atoms with Gasteiger partial charge in [0.2, 0.25) is 5.91 Å². The van der Waals surface area contributed by atoms with E-state index >= 15 is 0 Å². The molecule has 21 heavy (non-hydrogen) atoms. The highest BCUT2D eigenvalue weighted by atomic mass is 35.5. The highest BCUT2D eigenvalue weighted by Gasteiger charge is 2.21. The third kappa shape index (κ3) is 5.56. The van der Waals surface area contributed by atoms with E-state index < -0.39 is 0 Å². The summed E-state index contributed by atoms with van der Waals surface area (Å²) in [4.78, 5) is 12.1. The van der Waals surface area contributed by atoms with Gasteiger partial charge in [0.05, 0.1) is 7.11 Å². The van der Waals surface area contributed by atoms with Crippen LogP contribution in [0.3, 0.4) is 0 Å². The van der Waals surface area contributed by atoms with Crippen molar-refractivity contribution in [3.05, 3.63) is 24.3 Å². The van der Waals surface area contributed by atoms with Crippen molar-refractivity contribution in [2.24, 2.45) is 11.8 Å². The van der Waals surface area contributed by atoms with E-state index in [1.54, 1.807) is 7.11 Å². The zero-order valence-electron chi connectivity index (χ0n) is 12.7. The van der Waals surface area contributed by atoms with Crippen LogP contribution in [0, 0.1) is 11.8 Å². The third-order valence-electron chi connectivity index (χ3n) is 4.07. The van der Waals surface area contributed by atoms with E-state index in [0.29, 0.717) is 18.3 Å². The minimum absolute atomic E-state index is 0. The average molecular weight is 313 g/mol. The molecule has 4 nitrogen and oxygen atoms in total. The highest BCUT2D eigenvalue weighted by molar-refractivity contribution is 5.90. The van der Waals surface area contributed by atoms with Crippen molar-refractivity contribution in [2.45, 2.75) is 26.2 Å². The summed E-state index contributed by atoms with van der Waals surface area (Å²) in [5.41, 5.74) is 0.827. The van der Waals surface area contributed by atoms with Gasteiger partial charge < -0.3 is 15.4 Å². The number of hydrogen-bond acceptors (Lipinski definition) is 3. The van der Waals surface area contributed by atoms with Crippen LogP contribution in [0.25, 0.3) is 0 Å². The minimum Gasteiger partial charge on any atom is -0.497 e. The molecule has 0 saturated carbocycles. The van der Waals surface area contributed by atoms with Crippen molar-refractivity contribution in [1.82, 2.24) is 5.32 Å². The van der Waals surface area contributed by atoms with E-state index in [0.717, 1.165) is 24.5 Å². The van der Waals surface area contributed by atoms with Crippen molar-refractivity contribution < 1.29 is 9.53 Å². The Labute approximate surface area is 133 Å². The Hall–Kier alpha value is -1.26. The molecule has 5 heteroatoms. The van der Waals surface area contributed by atoms with Crippen LogP contribution in [0.5, 0.6) is 5.75 Å². The van der Waals surface area contributed by atoms with Gasteiger partial charge in [-0.25, -0.2) is 0 Å². The van der Waals surface area contributed by atoms with Crippen LogP contribution in [-0.2, 0) is 4.79 Å². The topological polar surface area (TPSA) is 50.4 Å². The second kappa shape index (κ2) is 8.90. The molecule has 1 fully saturated rings. The first kappa shape index (κ1) is 17.8. The number of benzene rings is 1. The zero-order valence-corrected chi connectivity index (χ0v) is 13.5. The summed E-state index contributed by atoms with van der Waals surface area (Å²) in [6.07, 6.45) is 2.95. The molecule has 1 heterocycles. The summed E-state index contributed by atoms with van der Waals surface area (Å²) in [5, 5.41) is 6.31. The molecule has 1 aliphatic heterocycles. The van der Waals surface area contributed by atoms with Crippen molar-refractivity contribution in [3.8, 4) is 5.75 Å². The Morgan fingerprint density at radius 3 is 2.52 bits per heavy atom. The average Bonchev–Trinajstić information content (AvgIpc) is 2.49. The number of carbonyl (C=O) groups is 1. The smallest absolute Gasteiger partial charge is 0.224 e. The lowest BCUT2D eigenvalue weighted by molar-refractivity contribution is -0.117. The van der Waals surface area contributed by atoms with Crippen LogP contribution < -0.4 is 15.4 Å². The number of methoxy groups -OCH3 is 1. The third-order valence-corrected chi connectivity index (χ3v) is 4.07. The first-order chi connectivity index (χ1) is 9.69. The number of ether oxygens (including phenoxy) is 1. The summed E-state index contributed by atoms with van der Waals surface area (Å²) >= 11 is 0. The molecule has 1 amide bonds. The minimum atomic E-state index is 0. The Morgan fingerprint density at radius 1 is 1.33 bits per heavy atom. The molecule has 118 valence electrons. The molecule has 0 aliphatic carbocycles. The Kier molecular flexibility index (Phi) is 7.54. The fourth-order valence-corrected chi connectivity index (χ4v) is 2.76. The first-order valence-electron chi connectivity index (χ1n) is 7.33. The predicted octanol–water partition coefficient (Wildman–Crippen LogP) is 3.08. The molecule has 1 atom stereocenters. The highest BCUT2D eigenvalue weighted by Crippen LogP contribution is 2.25. The number of piperidine rings is 1. The van der Waals surface area contributed by atoms with Crippen LogP contribution in [0.1, 0.15) is 26.2 Å². The van der Waals surface area contributed by atoms with Gasteiger partial charge in [-0.1, -0.05) is 6.92 Å². The maximum Gasteiger partial charge on any atom is 0.224 e. The van der Waals surface area contributed by atoms with E-state index in [1.165, 1.54) is 12.8 Å². The quantitative estimate of drug-likeness (QED) is 0.878. The number of nitrogens with one attached hydrogen (secondary N) is 2. The van der Waals surface area contributed by atoms with E-state index in [-0.39, 0.29) is 18.3 Å². The van der Waals surface area contributed by atoms with E-state index in [1.807, 2.05) is 24.3 Å². The Bertz CT molecular complexity index is 430. The normalized spacial score (nSPS) is 16.7. The van der Waals surface area contributed by atoms with E-state index in [9.17, 15) is 4.79 Å². The van der Waals surface area contributed by atoms with Crippen molar-refractivity contribution >= 4 is 24.0 Å². The lowest BCUT2D eigenvalue weighted by atomic mass is 9.84. The van der Waals surface area contributed by atoms with Gasteiger partial charge in [-0.05, 0) is 62.0 Å². The van der Waals surface area contributed by atoms with Gasteiger partial charge >= 0.3 is 0 Å². The summed E-state index contributed by atoms with van der Waals surface area (Å²) in [5.74, 6) is 2.00. The number of halogens is 1. The lowest BCUT2D eigenvalue weighted by Crippen LogP contribution is -2.32. The standard InChI is InChI=1S/C16H24N2O2.ClH/c1-12(13-7-9-17-10-8-13)11-16(19)18-14-3-5-15(20-2)6-4-14;/h3-6,12-13,17H,7-11H2,1-2H3,(H,18,19);1H. The molecule has 1 aromatic rings. The Balaban J connectivity index is 0.00000220. The van der Waals surface area contributed by atoms with E-state index in [4.69, 9.17) is 4.74 Å². The van der Waals surface area contributed by atoms with Gasteiger partial charge in [0, 0.05) is 12.1 Å². The molecule has 1 saturated heterocycles. The van der Waals surface area contributed by atoms with Crippen molar-refractivity contribution in [3.63, 3.8) is 0 Å². The van der Waals surface area contributed by atoms with Crippen LogP contribution in [0.4, 0.5) is 5.69 Å². The van der Waals surface area contributed by atoms with Crippen LogP contribution in [0.2, 0.25) is 0 Å². The van der Waals surface area contributed by atoms with Gasteiger partial charge in [0.1, 0.15) is 5.75 Å².